The van der Waals surface area contributed by atoms with E-state index in [1.165, 1.54) is 11.3 Å². The molecule has 0 saturated heterocycles. The number of hydrogen-bond acceptors (Lipinski definition) is 4. The molecule has 7 heteroatoms. The number of amides is 1. The smallest absolute Gasteiger partial charge is 0.341 e. The number of aryl methyl sites for hydroxylation is 2. The van der Waals surface area contributed by atoms with Gasteiger partial charge in [0.2, 0.25) is 0 Å². The molecule has 1 N–H and O–H groups in total. The number of rotatable bonds is 5. The number of nitrogens with one attached hydrogen (secondary N) is 1. The van der Waals surface area contributed by atoms with Crippen LogP contribution in [0.25, 0.3) is 11.1 Å². The van der Waals surface area contributed by atoms with E-state index in [4.69, 9.17) is 27.9 Å². The van der Waals surface area contributed by atoms with Gasteiger partial charge in [0, 0.05) is 10.9 Å². The number of benzene rings is 1. The largest absolute Gasteiger partial charge is 0.462 e. The Hall–Kier alpha value is -1.56. The van der Waals surface area contributed by atoms with Crippen LogP contribution in [-0.4, -0.2) is 23.3 Å². The van der Waals surface area contributed by atoms with Crippen LogP contribution in [0.15, 0.2) is 23.6 Å². The van der Waals surface area contributed by atoms with Gasteiger partial charge < -0.3 is 10.1 Å². The van der Waals surface area contributed by atoms with Crippen molar-refractivity contribution in [1.82, 2.24) is 0 Å². The highest BCUT2D eigenvalue weighted by Crippen LogP contribution is 2.37. The molecule has 0 spiro atoms. The number of alkyl halides is 2. The van der Waals surface area contributed by atoms with Gasteiger partial charge in [0.15, 0.2) is 4.84 Å². The molecule has 0 bridgehead atoms. The number of halogens is 2. The van der Waals surface area contributed by atoms with Crippen LogP contribution in [-0.2, 0) is 9.53 Å². The number of anilines is 1. The van der Waals surface area contributed by atoms with Crippen LogP contribution in [0, 0.1) is 13.8 Å². The zero-order valence-corrected chi connectivity index (χ0v) is 15.8. The summed E-state index contributed by atoms with van der Waals surface area (Å²) < 4.78 is 5.14. The fraction of sp³-hybridized carbons (Fsp3) is 0.294. The van der Waals surface area contributed by atoms with Crippen molar-refractivity contribution >= 4 is 51.4 Å². The van der Waals surface area contributed by atoms with E-state index in [9.17, 15) is 9.59 Å². The van der Waals surface area contributed by atoms with Gasteiger partial charge in [0.25, 0.3) is 5.91 Å². The predicted molar refractivity (Wildman–Crippen MR) is 99.3 cm³/mol. The fourth-order valence-electron chi connectivity index (χ4n) is 2.14. The minimum absolute atomic E-state index is 0.238. The Morgan fingerprint density at radius 3 is 2.54 bits per heavy atom. The lowest BCUT2D eigenvalue weighted by Crippen LogP contribution is -2.19. The third-order valence-electron chi connectivity index (χ3n) is 3.52. The Morgan fingerprint density at radius 2 is 1.96 bits per heavy atom. The number of carbonyl (C=O) groups excluding carboxylic acids is 2. The van der Waals surface area contributed by atoms with Crippen molar-refractivity contribution in [2.75, 3.05) is 11.9 Å². The molecule has 0 aliphatic rings. The van der Waals surface area contributed by atoms with E-state index >= 15 is 0 Å². The van der Waals surface area contributed by atoms with Crippen molar-refractivity contribution in [3.05, 3.63) is 40.3 Å². The van der Waals surface area contributed by atoms with Crippen LogP contribution < -0.4 is 5.32 Å². The Labute approximate surface area is 154 Å². The normalized spacial score (nSPS) is 10.8. The average Bonchev–Trinajstić information content (AvgIpc) is 2.93. The van der Waals surface area contributed by atoms with Gasteiger partial charge in [-0.05, 0) is 37.5 Å². The monoisotopic (exact) mass is 385 g/mol. The van der Waals surface area contributed by atoms with Crippen LogP contribution >= 0.6 is 34.5 Å². The van der Waals surface area contributed by atoms with Gasteiger partial charge in [-0.15, -0.1) is 11.3 Å². The summed E-state index contributed by atoms with van der Waals surface area (Å²) in [6.07, 6.45) is 0. The lowest BCUT2D eigenvalue weighted by molar-refractivity contribution is -0.114. The number of ether oxygens (including phenoxy) is 1. The molecule has 2 aromatic rings. The molecular weight excluding hydrogens is 369 g/mol. The van der Waals surface area contributed by atoms with Gasteiger partial charge in [-0.1, -0.05) is 41.4 Å². The second-order valence-corrected chi connectivity index (χ2v) is 7.14. The highest BCUT2D eigenvalue weighted by atomic mass is 35.5. The Morgan fingerprint density at radius 1 is 1.25 bits per heavy atom. The van der Waals surface area contributed by atoms with E-state index in [0.29, 0.717) is 16.1 Å². The van der Waals surface area contributed by atoms with Gasteiger partial charge in [0.1, 0.15) is 10.6 Å². The Bertz CT molecular complexity index is 771. The third-order valence-corrected chi connectivity index (χ3v) is 4.82. The minimum atomic E-state index is -1.22. The van der Waals surface area contributed by atoms with Crippen molar-refractivity contribution < 1.29 is 14.3 Å². The molecule has 0 saturated carbocycles. The maximum Gasteiger partial charge on any atom is 0.341 e. The highest BCUT2D eigenvalue weighted by Gasteiger charge is 2.24. The van der Waals surface area contributed by atoms with Crippen molar-refractivity contribution in [3.63, 3.8) is 0 Å². The van der Waals surface area contributed by atoms with Crippen LogP contribution in [0.1, 0.15) is 28.4 Å². The molecule has 2 rings (SSSR count). The maximum absolute atomic E-state index is 12.4. The second kappa shape index (κ2) is 8.01. The molecule has 0 aliphatic carbocycles. The van der Waals surface area contributed by atoms with Gasteiger partial charge in [-0.2, -0.15) is 0 Å². The molecular formula is C17H17Cl2NO3S. The maximum atomic E-state index is 12.4. The van der Waals surface area contributed by atoms with Gasteiger partial charge in [-0.25, -0.2) is 4.79 Å². The number of carbonyl (C=O) groups is 2. The predicted octanol–water partition coefficient (Wildman–Crippen LogP) is 4.95. The number of hydrogen-bond donors (Lipinski definition) is 1. The zero-order valence-electron chi connectivity index (χ0n) is 13.5. The first-order valence-corrected chi connectivity index (χ1v) is 9.05. The van der Waals surface area contributed by atoms with E-state index in [0.717, 1.165) is 16.7 Å². The fourth-order valence-corrected chi connectivity index (χ4v) is 3.21. The summed E-state index contributed by atoms with van der Waals surface area (Å²) in [4.78, 5) is 22.9. The first kappa shape index (κ1) is 18.8. The van der Waals surface area contributed by atoms with Crippen molar-refractivity contribution in [3.8, 4) is 11.1 Å². The lowest BCUT2D eigenvalue weighted by atomic mass is 9.99. The SMILES string of the molecule is CCOC(=O)c1c(-c2ccc(C)c(C)c2)csc1NC(=O)C(Cl)Cl. The standard InChI is InChI=1S/C17H17Cl2NO3S/c1-4-23-17(22)13-12(11-6-5-9(2)10(3)7-11)8-24-16(13)20-15(21)14(18)19/h5-8,14H,4H2,1-3H3,(H,20,21). The topological polar surface area (TPSA) is 55.4 Å². The summed E-state index contributed by atoms with van der Waals surface area (Å²) in [5.74, 6) is -1.08. The molecule has 0 radical (unpaired) electrons. The molecule has 128 valence electrons. The van der Waals surface area contributed by atoms with Crippen molar-refractivity contribution in [2.45, 2.75) is 25.6 Å². The van der Waals surface area contributed by atoms with Gasteiger partial charge in [-0.3, -0.25) is 4.79 Å². The quantitative estimate of drug-likeness (QED) is 0.584. The average molecular weight is 386 g/mol. The Balaban J connectivity index is 2.51. The van der Waals surface area contributed by atoms with Crippen molar-refractivity contribution in [1.29, 1.82) is 0 Å². The summed E-state index contributed by atoms with van der Waals surface area (Å²) in [6.45, 7) is 5.99. The lowest BCUT2D eigenvalue weighted by Gasteiger charge is -2.10. The summed E-state index contributed by atoms with van der Waals surface area (Å²) >= 11 is 12.4. The van der Waals surface area contributed by atoms with Gasteiger partial charge in [0.05, 0.1) is 6.61 Å². The molecule has 1 aromatic heterocycles. The van der Waals surface area contributed by atoms with Crippen LogP contribution in [0.2, 0.25) is 0 Å². The van der Waals surface area contributed by atoms with Crippen molar-refractivity contribution in [2.24, 2.45) is 0 Å². The molecule has 0 aliphatic heterocycles. The first-order chi connectivity index (χ1) is 11.3. The van der Waals surface area contributed by atoms with E-state index in [1.807, 2.05) is 37.4 Å². The molecule has 4 nitrogen and oxygen atoms in total. The summed E-state index contributed by atoms with van der Waals surface area (Å²) in [6, 6.07) is 5.92. The first-order valence-electron chi connectivity index (χ1n) is 7.30. The molecule has 1 heterocycles. The van der Waals surface area contributed by atoms with E-state index in [2.05, 4.69) is 5.32 Å². The van der Waals surface area contributed by atoms with E-state index in [-0.39, 0.29) is 6.61 Å². The second-order valence-electron chi connectivity index (χ2n) is 5.16. The molecule has 0 fully saturated rings. The molecule has 1 amide bonds. The molecule has 1 aromatic carbocycles. The molecule has 0 atom stereocenters. The zero-order chi connectivity index (χ0) is 17.9. The summed E-state index contributed by atoms with van der Waals surface area (Å²) in [5.41, 5.74) is 4.17. The molecule has 24 heavy (non-hydrogen) atoms. The van der Waals surface area contributed by atoms with Crippen LogP contribution in [0.4, 0.5) is 5.00 Å². The summed E-state index contributed by atoms with van der Waals surface area (Å²) in [5, 5.41) is 4.76. The van der Waals surface area contributed by atoms with E-state index in [1.54, 1.807) is 6.92 Å². The van der Waals surface area contributed by atoms with Crippen LogP contribution in [0.5, 0.6) is 0 Å². The van der Waals surface area contributed by atoms with Crippen LogP contribution in [0.3, 0.4) is 0 Å². The number of esters is 1. The Kier molecular flexibility index (Phi) is 6.27. The molecule has 0 unspecified atom stereocenters. The highest BCUT2D eigenvalue weighted by molar-refractivity contribution is 7.15. The minimum Gasteiger partial charge on any atom is -0.462 e. The number of thiophene rings is 1. The van der Waals surface area contributed by atoms with E-state index < -0.39 is 16.7 Å². The summed E-state index contributed by atoms with van der Waals surface area (Å²) in [7, 11) is 0. The van der Waals surface area contributed by atoms with Gasteiger partial charge >= 0.3 is 5.97 Å². The third kappa shape index (κ3) is 4.09.